The van der Waals surface area contributed by atoms with Crippen LogP contribution in [0.3, 0.4) is 0 Å². The number of rotatable bonds is 3. The van der Waals surface area contributed by atoms with Crippen molar-refractivity contribution in [1.82, 2.24) is 0 Å². The lowest BCUT2D eigenvalue weighted by molar-refractivity contribution is 0.116. The third kappa shape index (κ3) is 2.95. The largest absolute Gasteiger partial charge is 0.396 e. The molecule has 1 fully saturated rings. The topological polar surface area (TPSA) is 20.2 Å². The highest BCUT2D eigenvalue weighted by Crippen LogP contribution is 2.38. The molecule has 1 rings (SSSR count). The van der Waals surface area contributed by atoms with Crippen LogP contribution < -0.4 is 0 Å². The van der Waals surface area contributed by atoms with Crippen molar-refractivity contribution in [3.8, 4) is 0 Å². The zero-order valence-corrected chi connectivity index (χ0v) is 8.93. The number of aliphatic hydroxyl groups is 1. The Bertz CT molecular complexity index is 122. The third-order valence-electron chi connectivity index (χ3n) is 2.49. The van der Waals surface area contributed by atoms with Crippen LogP contribution in [-0.4, -0.2) is 19.8 Å². The zero-order chi connectivity index (χ0) is 8.48. The minimum Gasteiger partial charge on any atom is -0.396 e. The molecule has 0 atom stereocenters. The summed E-state index contributed by atoms with van der Waals surface area (Å²) >= 11 is 0. The van der Waals surface area contributed by atoms with Gasteiger partial charge in [0.25, 0.3) is 0 Å². The summed E-state index contributed by atoms with van der Waals surface area (Å²) < 4.78 is 0. The van der Waals surface area contributed by atoms with Gasteiger partial charge in [-0.05, 0) is 24.7 Å². The van der Waals surface area contributed by atoms with E-state index in [9.17, 15) is 0 Å². The van der Waals surface area contributed by atoms with Gasteiger partial charge in [0, 0.05) is 14.7 Å². The molecule has 0 bridgehead atoms. The molecule has 0 aliphatic heterocycles. The maximum atomic E-state index is 8.81. The van der Waals surface area contributed by atoms with E-state index in [2.05, 4.69) is 19.6 Å². The van der Waals surface area contributed by atoms with Crippen LogP contribution in [0.2, 0.25) is 25.7 Å². The predicted molar refractivity (Wildman–Crippen MR) is 51.5 cm³/mol. The van der Waals surface area contributed by atoms with Crippen molar-refractivity contribution in [3.05, 3.63) is 0 Å². The molecular formula is C9H20OSi. The molecule has 0 saturated heterocycles. The molecule has 11 heavy (non-hydrogen) atoms. The maximum Gasteiger partial charge on any atom is 0.0459 e. The zero-order valence-electron chi connectivity index (χ0n) is 7.93. The molecule has 0 spiro atoms. The highest BCUT2D eigenvalue weighted by atomic mass is 28.3. The Kier molecular flexibility index (Phi) is 2.76. The first kappa shape index (κ1) is 9.27. The summed E-state index contributed by atoms with van der Waals surface area (Å²) in [6.45, 7) is 7.71. The first-order valence-electron chi connectivity index (χ1n) is 4.62. The number of aliphatic hydroxyl groups excluding tert-OH is 1. The van der Waals surface area contributed by atoms with Gasteiger partial charge in [0.1, 0.15) is 0 Å². The van der Waals surface area contributed by atoms with Crippen LogP contribution in [0.15, 0.2) is 0 Å². The molecule has 1 saturated carbocycles. The van der Waals surface area contributed by atoms with Crippen LogP contribution in [0.5, 0.6) is 0 Å². The van der Waals surface area contributed by atoms with Gasteiger partial charge >= 0.3 is 0 Å². The molecule has 0 radical (unpaired) electrons. The molecule has 1 aliphatic rings. The Morgan fingerprint density at radius 1 is 1.18 bits per heavy atom. The average Bonchev–Trinajstić information content (AvgIpc) is 1.75. The first-order chi connectivity index (χ1) is 5.01. The summed E-state index contributed by atoms with van der Waals surface area (Å²) in [5, 5.41) is 8.81. The van der Waals surface area contributed by atoms with E-state index in [1.54, 1.807) is 0 Å². The van der Waals surface area contributed by atoms with E-state index in [4.69, 9.17) is 5.11 Å². The van der Waals surface area contributed by atoms with Gasteiger partial charge in [0.15, 0.2) is 0 Å². The van der Waals surface area contributed by atoms with Gasteiger partial charge < -0.3 is 5.11 Å². The van der Waals surface area contributed by atoms with Crippen LogP contribution in [0.1, 0.15) is 12.8 Å². The van der Waals surface area contributed by atoms with E-state index < -0.39 is 8.07 Å². The lowest BCUT2D eigenvalue weighted by Gasteiger charge is -2.37. The molecule has 0 heterocycles. The van der Waals surface area contributed by atoms with Gasteiger partial charge in [0.05, 0.1) is 0 Å². The Balaban J connectivity index is 2.14. The fourth-order valence-electron chi connectivity index (χ4n) is 2.06. The molecule has 0 aromatic heterocycles. The van der Waals surface area contributed by atoms with Crippen molar-refractivity contribution in [2.45, 2.75) is 38.5 Å². The standard InChI is InChI=1S/C9H20OSi/c1-11(2,3)7-9-4-8(5-9)6-10/h8-10H,4-7H2,1-3H3. The molecule has 1 nitrogen and oxygen atoms in total. The van der Waals surface area contributed by atoms with Crippen molar-refractivity contribution >= 4 is 8.07 Å². The smallest absolute Gasteiger partial charge is 0.0459 e. The highest BCUT2D eigenvalue weighted by Gasteiger charge is 2.31. The molecule has 1 N–H and O–H groups in total. The van der Waals surface area contributed by atoms with Crippen molar-refractivity contribution in [2.75, 3.05) is 6.61 Å². The van der Waals surface area contributed by atoms with Crippen molar-refractivity contribution in [1.29, 1.82) is 0 Å². The minimum absolute atomic E-state index is 0.419. The summed E-state index contributed by atoms with van der Waals surface area (Å²) in [5.41, 5.74) is 0. The fourth-order valence-corrected chi connectivity index (χ4v) is 4.12. The van der Waals surface area contributed by atoms with Gasteiger partial charge in [-0.1, -0.05) is 25.7 Å². The average molecular weight is 172 g/mol. The fraction of sp³-hybridized carbons (Fsp3) is 1.00. The first-order valence-corrected chi connectivity index (χ1v) is 8.33. The van der Waals surface area contributed by atoms with Crippen LogP contribution in [0, 0.1) is 11.8 Å². The second kappa shape index (κ2) is 3.28. The van der Waals surface area contributed by atoms with Crippen LogP contribution >= 0.6 is 0 Å². The third-order valence-corrected chi connectivity index (χ3v) is 4.29. The molecule has 66 valence electrons. The van der Waals surface area contributed by atoms with Gasteiger partial charge in [-0.25, -0.2) is 0 Å². The Morgan fingerprint density at radius 2 is 1.73 bits per heavy atom. The van der Waals surface area contributed by atoms with Gasteiger partial charge in [-0.15, -0.1) is 0 Å². The van der Waals surface area contributed by atoms with Crippen LogP contribution in [0.25, 0.3) is 0 Å². The lowest BCUT2D eigenvalue weighted by atomic mass is 9.76. The monoisotopic (exact) mass is 172 g/mol. The number of hydrogen-bond acceptors (Lipinski definition) is 1. The number of hydrogen-bond donors (Lipinski definition) is 1. The van der Waals surface area contributed by atoms with E-state index in [0.29, 0.717) is 12.5 Å². The molecule has 2 heteroatoms. The molecule has 0 unspecified atom stereocenters. The van der Waals surface area contributed by atoms with Gasteiger partial charge in [0.2, 0.25) is 0 Å². The minimum atomic E-state index is -0.814. The van der Waals surface area contributed by atoms with E-state index in [-0.39, 0.29) is 0 Å². The molecule has 0 aromatic carbocycles. The van der Waals surface area contributed by atoms with Crippen molar-refractivity contribution in [2.24, 2.45) is 11.8 Å². The van der Waals surface area contributed by atoms with E-state index in [1.165, 1.54) is 18.9 Å². The summed E-state index contributed by atoms with van der Waals surface area (Å²) in [6.07, 6.45) is 2.58. The Hall–Kier alpha value is 0.177. The van der Waals surface area contributed by atoms with E-state index in [1.807, 2.05) is 0 Å². The molecule has 0 aromatic rings. The van der Waals surface area contributed by atoms with Crippen LogP contribution in [-0.2, 0) is 0 Å². The molecule has 0 amide bonds. The van der Waals surface area contributed by atoms with E-state index in [0.717, 1.165) is 5.92 Å². The SMILES string of the molecule is C[Si](C)(C)CC1CC(CO)C1. The summed E-state index contributed by atoms with van der Waals surface area (Å²) in [4.78, 5) is 0. The Labute approximate surface area is 70.8 Å². The highest BCUT2D eigenvalue weighted by molar-refractivity contribution is 6.76. The second-order valence-electron chi connectivity index (χ2n) is 5.15. The van der Waals surface area contributed by atoms with Crippen molar-refractivity contribution in [3.63, 3.8) is 0 Å². The quantitative estimate of drug-likeness (QED) is 0.648. The summed E-state index contributed by atoms with van der Waals surface area (Å²) in [7, 11) is -0.814. The lowest BCUT2D eigenvalue weighted by Crippen LogP contribution is -2.33. The predicted octanol–water partition coefficient (Wildman–Crippen LogP) is 2.34. The van der Waals surface area contributed by atoms with Gasteiger partial charge in [-0.3, -0.25) is 0 Å². The van der Waals surface area contributed by atoms with E-state index >= 15 is 0 Å². The summed E-state index contributed by atoms with van der Waals surface area (Å²) in [6, 6.07) is 1.46. The van der Waals surface area contributed by atoms with Crippen LogP contribution in [0.4, 0.5) is 0 Å². The molecule has 1 aliphatic carbocycles. The second-order valence-corrected chi connectivity index (χ2v) is 10.7. The maximum absolute atomic E-state index is 8.81. The Morgan fingerprint density at radius 3 is 2.09 bits per heavy atom. The van der Waals surface area contributed by atoms with Gasteiger partial charge in [-0.2, -0.15) is 0 Å². The normalized spacial score (nSPS) is 31.6. The molecular weight excluding hydrogens is 152 g/mol. The summed E-state index contributed by atoms with van der Waals surface area (Å²) in [5.74, 6) is 1.61. The van der Waals surface area contributed by atoms with Crippen molar-refractivity contribution < 1.29 is 5.11 Å².